The summed E-state index contributed by atoms with van der Waals surface area (Å²) in [4.78, 5) is 0. The summed E-state index contributed by atoms with van der Waals surface area (Å²) >= 11 is 0. The monoisotopic (exact) mass is 534 g/mol. The molecule has 0 nitrogen and oxygen atoms in total. The first kappa shape index (κ1) is 24.6. The third-order valence-electron chi connectivity index (χ3n) is 8.94. The van der Waals surface area contributed by atoms with Crippen LogP contribution in [0, 0.1) is 13.8 Å². The number of fused-ring (bicyclic) bond motifs is 4. The molecule has 198 valence electrons. The Morgan fingerprint density at radius 3 is 0.714 bits per heavy atom. The van der Waals surface area contributed by atoms with Crippen molar-refractivity contribution in [1.29, 1.82) is 0 Å². The average molecular weight is 535 g/mol. The summed E-state index contributed by atoms with van der Waals surface area (Å²) in [6.45, 7) is 4.44. The molecule has 0 bridgehead atoms. The second-order valence-corrected chi connectivity index (χ2v) is 11.3. The summed E-state index contributed by atoms with van der Waals surface area (Å²) in [7, 11) is 0. The minimum Gasteiger partial charge on any atom is -0.0620 e. The second kappa shape index (κ2) is 9.72. The molecule has 0 heterocycles. The molecular weight excluding hydrogens is 504 g/mol. The SMILES string of the molecule is Cc1ccccc1-c1c2ccccc2c(-c2c3ccccc3c(-c3ccccc3C)c3ccccc23)c2ccccc12. The van der Waals surface area contributed by atoms with Gasteiger partial charge in [0.05, 0.1) is 0 Å². The molecule has 0 unspecified atom stereocenters. The van der Waals surface area contributed by atoms with Gasteiger partial charge in [0.2, 0.25) is 0 Å². The summed E-state index contributed by atoms with van der Waals surface area (Å²) in [5.74, 6) is 0. The van der Waals surface area contributed by atoms with Crippen LogP contribution in [0.4, 0.5) is 0 Å². The number of rotatable bonds is 3. The average Bonchev–Trinajstić information content (AvgIpc) is 3.04. The van der Waals surface area contributed by atoms with Crippen molar-refractivity contribution in [2.45, 2.75) is 13.8 Å². The van der Waals surface area contributed by atoms with Crippen LogP contribution in [0.25, 0.3) is 76.5 Å². The summed E-state index contributed by atoms with van der Waals surface area (Å²) in [6.07, 6.45) is 0. The van der Waals surface area contributed by atoms with Crippen LogP contribution in [0.15, 0.2) is 146 Å². The molecule has 42 heavy (non-hydrogen) atoms. The largest absolute Gasteiger partial charge is 0.0620 e. The topological polar surface area (TPSA) is 0 Å². The van der Waals surface area contributed by atoms with Gasteiger partial charge in [0.15, 0.2) is 0 Å². The fourth-order valence-corrected chi connectivity index (χ4v) is 7.08. The van der Waals surface area contributed by atoms with E-state index >= 15 is 0 Å². The lowest BCUT2D eigenvalue weighted by molar-refractivity contribution is 1.47. The van der Waals surface area contributed by atoms with Gasteiger partial charge in [-0.2, -0.15) is 0 Å². The second-order valence-electron chi connectivity index (χ2n) is 11.3. The van der Waals surface area contributed by atoms with Crippen LogP contribution in [-0.4, -0.2) is 0 Å². The van der Waals surface area contributed by atoms with E-state index < -0.39 is 0 Å². The molecule has 0 amide bonds. The predicted molar refractivity (Wildman–Crippen MR) is 182 cm³/mol. The van der Waals surface area contributed by atoms with Crippen molar-refractivity contribution in [2.24, 2.45) is 0 Å². The fourth-order valence-electron chi connectivity index (χ4n) is 7.08. The van der Waals surface area contributed by atoms with Crippen LogP contribution < -0.4 is 0 Å². The van der Waals surface area contributed by atoms with Crippen LogP contribution in [0.3, 0.4) is 0 Å². The highest BCUT2D eigenvalue weighted by molar-refractivity contribution is 6.30. The maximum Gasteiger partial charge on any atom is -0.00139 e. The van der Waals surface area contributed by atoms with E-state index in [4.69, 9.17) is 0 Å². The molecule has 8 aromatic carbocycles. The van der Waals surface area contributed by atoms with Gasteiger partial charge in [0.25, 0.3) is 0 Å². The standard InChI is InChI=1S/C42H30/c1-27-15-3-5-17-29(27)39-31-19-7-11-23-35(31)41(36-24-12-8-20-32(36)39)42-37-25-13-9-21-33(37)40(30-18-6-4-16-28(30)2)34-22-10-14-26-38(34)42/h3-26H,1-2H3. The Kier molecular flexibility index (Phi) is 5.69. The molecular formula is C42H30. The Hall–Kier alpha value is -5.20. The van der Waals surface area contributed by atoms with Crippen molar-refractivity contribution in [1.82, 2.24) is 0 Å². The lowest BCUT2D eigenvalue weighted by Crippen LogP contribution is -1.95. The van der Waals surface area contributed by atoms with Gasteiger partial charge in [-0.1, -0.05) is 146 Å². The smallest absolute Gasteiger partial charge is 0.00139 e. The molecule has 0 aromatic heterocycles. The Balaban J connectivity index is 1.62. The van der Waals surface area contributed by atoms with E-state index in [-0.39, 0.29) is 0 Å². The van der Waals surface area contributed by atoms with Crippen LogP contribution in [0.2, 0.25) is 0 Å². The Morgan fingerprint density at radius 1 is 0.238 bits per heavy atom. The minimum absolute atomic E-state index is 1.29. The van der Waals surface area contributed by atoms with E-state index in [9.17, 15) is 0 Å². The molecule has 0 heteroatoms. The summed E-state index contributed by atoms with van der Waals surface area (Å²) in [5, 5.41) is 10.3. The van der Waals surface area contributed by atoms with Gasteiger partial charge in [0.1, 0.15) is 0 Å². The third-order valence-corrected chi connectivity index (χ3v) is 8.94. The molecule has 0 N–H and O–H groups in total. The number of aryl methyl sites for hydroxylation is 2. The minimum atomic E-state index is 1.29. The van der Waals surface area contributed by atoms with Gasteiger partial charge in [-0.15, -0.1) is 0 Å². The van der Waals surface area contributed by atoms with Crippen molar-refractivity contribution >= 4 is 43.1 Å². The van der Waals surface area contributed by atoms with Crippen LogP contribution >= 0.6 is 0 Å². The lowest BCUT2D eigenvalue weighted by atomic mass is 9.80. The highest BCUT2D eigenvalue weighted by Gasteiger charge is 2.22. The number of hydrogen-bond acceptors (Lipinski definition) is 0. The quantitative estimate of drug-likeness (QED) is 0.198. The van der Waals surface area contributed by atoms with Gasteiger partial charge in [0, 0.05) is 0 Å². The molecule has 0 aliphatic carbocycles. The molecule has 0 fully saturated rings. The first-order valence-electron chi connectivity index (χ1n) is 14.7. The van der Waals surface area contributed by atoms with E-state index in [0.29, 0.717) is 0 Å². The summed E-state index contributed by atoms with van der Waals surface area (Å²) in [6, 6.07) is 53.5. The molecule has 0 saturated heterocycles. The molecule has 0 aliphatic heterocycles. The van der Waals surface area contributed by atoms with Crippen LogP contribution in [0.5, 0.6) is 0 Å². The van der Waals surface area contributed by atoms with E-state index in [2.05, 4.69) is 159 Å². The Morgan fingerprint density at radius 2 is 0.452 bits per heavy atom. The van der Waals surface area contributed by atoms with E-state index in [0.717, 1.165) is 0 Å². The highest BCUT2D eigenvalue weighted by Crippen LogP contribution is 2.50. The first-order valence-corrected chi connectivity index (χ1v) is 14.7. The van der Waals surface area contributed by atoms with Crippen LogP contribution in [-0.2, 0) is 0 Å². The molecule has 0 radical (unpaired) electrons. The fraction of sp³-hybridized carbons (Fsp3) is 0.0476. The van der Waals surface area contributed by atoms with E-state index in [1.807, 2.05) is 0 Å². The Bertz CT molecular complexity index is 2040. The van der Waals surface area contributed by atoms with Crippen molar-refractivity contribution in [3.63, 3.8) is 0 Å². The van der Waals surface area contributed by atoms with E-state index in [1.165, 1.54) is 87.6 Å². The van der Waals surface area contributed by atoms with Gasteiger partial charge in [-0.25, -0.2) is 0 Å². The lowest BCUT2D eigenvalue weighted by Gasteiger charge is -2.23. The van der Waals surface area contributed by atoms with Gasteiger partial charge in [-0.3, -0.25) is 0 Å². The van der Waals surface area contributed by atoms with Crippen molar-refractivity contribution in [2.75, 3.05) is 0 Å². The molecule has 0 spiro atoms. The number of hydrogen-bond donors (Lipinski definition) is 0. The first-order chi connectivity index (χ1) is 20.7. The highest BCUT2D eigenvalue weighted by atomic mass is 14.2. The van der Waals surface area contributed by atoms with Crippen molar-refractivity contribution < 1.29 is 0 Å². The van der Waals surface area contributed by atoms with Gasteiger partial charge in [-0.05, 0) is 101 Å². The molecule has 0 atom stereocenters. The number of benzene rings is 8. The molecule has 8 rings (SSSR count). The van der Waals surface area contributed by atoms with Gasteiger partial charge >= 0.3 is 0 Å². The van der Waals surface area contributed by atoms with Crippen molar-refractivity contribution in [3.05, 3.63) is 157 Å². The molecule has 0 aliphatic rings. The summed E-state index contributed by atoms with van der Waals surface area (Å²) in [5.41, 5.74) is 10.4. The zero-order valence-corrected chi connectivity index (χ0v) is 23.9. The normalized spacial score (nSPS) is 11.6. The maximum atomic E-state index is 2.32. The maximum absolute atomic E-state index is 2.32. The zero-order chi connectivity index (χ0) is 28.2. The van der Waals surface area contributed by atoms with Crippen LogP contribution in [0.1, 0.15) is 11.1 Å². The van der Waals surface area contributed by atoms with Crippen molar-refractivity contribution in [3.8, 4) is 33.4 Å². The molecule has 0 saturated carbocycles. The molecule has 8 aromatic rings. The zero-order valence-electron chi connectivity index (χ0n) is 23.9. The third kappa shape index (κ3) is 3.62. The van der Waals surface area contributed by atoms with Gasteiger partial charge < -0.3 is 0 Å². The summed E-state index contributed by atoms with van der Waals surface area (Å²) < 4.78 is 0. The Labute approximate surface area is 246 Å². The van der Waals surface area contributed by atoms with E-state index in [1.54, 1.807) is 0 Å². The predicted octanol–water partition coefficient (Wildman–Crippen LogP) is 11.9.